The first-order valence-electron chi connectivity index (χ1n) is 6.71. The van der Waals surface area contributed by atoms with Crippen LogP contribution in [0.1, 0.15) is 23.6 Å². The lowest BCUT2D eigenvalue weighted by Gasteiger charge is -2.05. The van der Waals surface area contributed by atoms with Gasteiger partial charge in [0.15, 0.2) is 0 Å². The zero-order chi connectivity index (χ0) is 14.7. The molecule has 0 fully saturated rings. The molecule has 21 heavy (non-hydrogen) atoms. The molecular formula is C16H15N3OS. The molecule has 0 radical (unpaired) electrons. The highest BCUT2D eigenvalue weighted by Gasteiger charge is 2.16. The minimum Gasteiger partial charge on any atom is -0.338 e. The number of hydrogen-bond donors (Lipinski definition) is 0. The normalized spacial score (nSPS) is 12.3. The molecule has 3 rings (SSSR count). The first kappa shape index (κ1) is 13.8. The van der Waals surface area contributed by atoms with E-state index in [0.717, 1.165) is 16.2 Å². The summed E-state index contributed by atoms with van der Waals surface area (Å²) in [6.45, 7) is 4.06. The van der Waals surface area contributed by atoms with E-state index < -0.39 is 0 Å². The first-order valence-corrected chi connectivity index (χ1v) is 7.58. The smallest absolute Gasteiger partial charge is 0.240 e. The number of aryl methyl sites for hydroxylation is 1. The summed E-state index contributed by atoms with van der Waals surface area (Å²) in [6.07, 6.45) is 1.86. The maximum atomic E-state index is 5.37. The van der Waals surface area contributed by atoms with Gasteiger partial charge in [-0.25, -0.2) is 4.98 Å². The summed E-state index contributed by atoms with van der Waals surface area (Å²) < 4.78 is 5.37. The molecule has 0 amide bonds. The third kappa shape index (κ3) is 3.31. The SMILES string of the molecule is Cc1ccc(SC(C)c2nc(-c3ccccc3)no2)nc1. The van der Waals surface area contributed by atoms with Gasteiger partial charge in [-0.1, -0.05) is 53.3 Å². The molecule has 1 unspecified atom stereocenters. The molecule has 4 nitrogen and oxygen atoms in total. The van der Waals surface area contributed by atoms with E-state index in [1.807, 2.05) is 62.5 Å². The van der Waals surface area contributed by atoms with Gasteiger partial charge in [0.1, 0.15) is 0 Å². The van der Waals surface area contributed by atoms with E-state index >= 15 is 0 Å². The number of rotatable bonds is 4. The Morgan fingerprint density at radius 2 is 1.90 bits per heavy atom. The molecule has 0 spiro atoms. The van der Waals surface area contributed by atoms with E-state index in [0.29, 0.717) is 11.7 Å². The van der Waals surface area contributed by atoms with E-state index in [1.54, 1.807) is 11.8 Å². The van der Waals surface area contributed by atoms with Gasteiger partial charge in [-0.3, -0.25) is 0 Å². The molecule has 106 valence electrons. The second kappa shape index (κ2) is 6.10. The van der Waals surface area contributed by atoms with Crippen LogP contribution in [-0.2, 0) is 0 Å². The number of aromatic nitrogens is 3. The lowest BCUT2D eigenvalue weighted by molar-refractivity contribution is 0.380. The van der Waals surface area contributed by atoms with Crippen molar-refractivity contribution >= 4 is 11.8 Å². The second-order valence-corrected chi connectivity index (χ2v) is 6.12. The molecule has 2 heterocycles. The topological polar surface area (TPSA) is 51.8 Å². The van der Waals surface area contributed by atoms with E-state index in [1.165, 1.54) is 0 Å². The van der Waals surface area contributed by atoms with Crippen molar-refractivity contribution in [1.29, 1.82) is 0 Å². The highest BCUT2D eigenvalue weighted by molar-refractivity contribution is 7.99. The zero-order valence-electron chi connectivity index (χ0n) is 11.9. The summed E-state index contributed by atoms with van der Waals surface area (Å²) in [4.78, 5) is 8.85. The lowest BCUT2D eigenvalue weighted by Crippen LogP contribution is -1.90. The summed E-state index contributed by atoms with van der Waals surface area (Å²) in [5.74, 6) is 1.23. The van der Waals surface area contributed by atoms with Gasteiger partial charge >= 0.3 is 0 Å². The van der Waals surface area contributed by atoms with Crippen molar-refractivity contribution in [3.63, 3.8) is 0 Å². The number of benzene rings is 1. The maximum absolute atomic E-state index is 5.37. The predicted molar refractivity (Wildman–Crippen MR) is 83.0 cm³/mol. The van der Waals surface area contributed by atoms with Crippen LogP contribution in [0.25, 0.3) is 11.4 Å². The number of hydrogen-bond acceptors (Lipinski definition) is 5. The monoisotopic (exact) mass is 297 g/mol. The highest BCUT2D eigenvalue weighted by atomic mass is 32.2. The Labute approximate surface area is 127 Å². The van der Waals surface area contributed by atoms with Crippen molar-refractivity contribution in [1.82, 2.24) is 15.1 Å². The Morgan fingerprint density at radius 1 is 1.10 bits per heavy atom. The molecule has 0 saturated heterocycles. The van der Waals surface area contributed by atoms with Gasteiger partial charge in [0.05, 0.1) is 10.3 Å². The maximum Gasteiger partial charge on any atom is 0.240 e. The van der Waals surface area contributed by atoms with Crippen LogP contribution in [0.5, 0.6) is 0 Å². The van der Waals surface area contributed by atoms with Crippen LogP contribution in [0, 0.1) is 6.92 Å². The third-order valence-electron chi connectivity index (χ3n) is 3.00. The fraction of sp³-hybridized carbons (Fsp3) is 0.188. The van der Waals surface area contributed by atoms with Crippen molar-refractivity contribution in [2.45, 2.75) is 24.1 Å². The fourth-order valence-electron chi connectivity index (χ4n) is 1.86. The Morgan fingerprint density at radius 3 is 2.62 bits per heavy atom. The number of thioether (sulfide) groups is 1. The van der Waals surface area contributed by atoms with Gasteiger partial charge in [0, 0.05) is 11.8 Å². The van der Waals surface area contributed by atoms with Crippen molar-refractivity contribution in [3.8, 4) is 11.4 Å². The van der Waals surface area contributed by atoms with Crippen LogP contribution in [0.4, 0.5) is 0 Å². The van der Waals surface area contributed by atoms with Crippen LogP contribution in [-0.4, -0.2) is 15.1 Å². The molecule has 2 aromatic heterocycles. The largest absolute Gasteiger partial charge is 0.338 e. The molecule has 0 aliphatic heterocycles. The van der Waals surface area contributed by atoms with Crippen LogP contribution in [0.15, 0.2) is 58.2 Å². The van der Waals surface area contributed by atoms with Crippen LogP contribution in [0.2, 0.25) is 0 Å². The minimum atomic E-state index is 0.0603. The van der Waals surface area contributed by atoms with E-state index in [2.05, 4.69) is 15.1 Å². The quantitative estimate of drug-likeness (QED) is 0.672. The molecule has 0 N–H and O–H groups in total. The van der Waals surface area contributed by atoms with E-state index in [-0.39, 0.29) is 5.25 Å². The van der Waals surface area contributed by atoms with Gasteiger partial charge in [0.2, 0.25) is 11.7 Å². The molecule has 1 atom stereocenters. The van der Waals surface area contributed by atoms with Crippen LogP contribution < -0.4 is 0 Å². The summed E-state index contributed by atoms with van der Waals surface area (Å²) in [6, 6.07) is 13.9. The summed E-state index contributed by atoms with van der Waals surface area (Å²) >= 11 is 1.61. The molecule has 0 aliphatic carbocycles. The van der Waals surface area contributed by atoms with Crippen molar-refractivity contribution < 1.29 is 4.52 Å². The fourth-order valence-corrected chi connectivity index (χ4v) is 2.68. The molecule has 0 bridgehead atoms. The lowest BCUT2D eigenvalue weighted by atomic mass is 10.2. The Kier molecular flexibility index (Phi) is 4.01. The first-order chi connectivity index (χ1) is 10.2. The molecule has 3 aromatic rings. The van der Waals surface area contributed by atoms with Crippen LogP contribution in [0.3, 0.4) is 0 Å². The Hall–Kier alpha value is -2.14. The van der Waals surface area contributed by atoms with Gasteiger partial charge in [-0.15, -0.1) is 0 Å². The van der Waals surface area contributed by atoms with Crippen molar-refractivity contribution in [2.24, 2.45) is 0 Å². The molecule has 5 heteroatoms. The molecular weight excluding hydrogens is 282 g/mol. The van der Waals surface area contributed by atoms with Gasteiger partial charge in [-0.2, -0.15) is 4.98 Å². The summed E-state index contributed by atoms with van der Waals surface area (Å²) in [7, 11) is 0. The average molecular weight is 297 g/mol. The third-order valence-corrected chi connectivity index (χ3v) is 4.04. The predicted octanol–water partition coefficient (Wildman–Crippen LogP) is 4.29. The number of pyridine rings is 1. The molecule has 0 aliphatic rings. The molecule has 0 saturated carbocycles. The van der Waals surface area contributed by atoms with E-state index in [9.17, 15) is 0 Å². The van der Waals surface area contributed by atoms with Crippen LogP contribution >= 0.6 is 11.8 Å². The molecule has 1 aromatic carbocycles. The minimum absolute atomic E-state index is 0.0603. The highest BCUT2D eigenvalue weighted by Crippen LogP contribution is 2.33. The Balaban J connectivity index is 1.75. The van der Waals surface area contributed by atoms with Gasteiger partial charge in [-0.05, 0) is 25.5 Å². The van der Waals surface area contributed by atoms with E-state index in [4.69, 9.17) is 4.52 Å². The van der Waals surface area contributed by atoms with Crippen molar-refractivity contribution in [2.75, 3.05) is 0 Å². The Bertz CT molecular complexity index is 710. The standard InChI is InChI=1S/C16H15N3OS/c1-11-8-9-14(17-10-11)21-12(2)16-18-15(19-20-16)13-6-4-3-5-7-13/h3-10,12H,1-2H3. The van der Waals surface area contributed by atoms with Crippen molar-refractivity contribution in [3.05, 3.63) is 60.1 Å². The average Bonchev–Trinajstić information content (AvgIpc) is 3.00. The summed E-state index contributed by atoms with van der Waals surface area (Å²) in [5.41, 5.74) is 2.11. The van der Waals surface area contributed by atoms with Gasteiger partial charge in [0.25, 0.3) is 0 Å². The summed E-state index contributed by atoms with van der Waals surface area (Å²) in [5, 5.41) is 5.06. The second-order valence-electron chi connectivity index (χ2n) is 4.76. The zero-order valence-corrected chi connectivity index (χ0v) is 12.7. The number of nitrogens with zero attached hydrogens (tertiary/aromatic N) is 3. The van der Waals surface area contributed by atoms with Gasteiger partial charge < -0.3 is 4.52 Å².